The van der Waals surface area contributed by atoms with Crippen LogP contribution in [-0.2, 0) is 15.3 Å². The van der Waals surface area contributed by atoms with Crippen molar-refractivity contribution in [2.75, 3.05) is 12.3 Å². The fourth-order valence-electron chi connectivity index (χ4n) is 1.67. The number of sulfone groups is 1. The lowest BCUT2D eigenvalue weighted by Crippen LogP contribution is -2.18. The Bertz CT molecular complexity index is 499. The van der Waals surface area contributed by atoms with Crippen molar-refractivity contribution in [2.24, 2.45) is 5.73 Å². The van der Waals surface area contributed by atoms with Crippen molar-refractivity contribution in [3.63, 3.8) is 0 Å². The zero-order valence-corrected chi connectivity index (χ0v) is 11.8. The lowest BCUT2D eigenvalue weighted by Gasteiger charge is -2.20. The van der Waals surface area contributed by atoms with Gasteiger partial charge in [-0.1, -0.05) is 32.9 Å². The van der Waals surface area contributed by atoms with Gasteiger partial charge in [-0.2, -0.15) is 0 Å². The Morgan fingerprint density at radius 2 is 1.82 bits per heavy atom. The molecule has 3 nitrogen and oxygen atoms in total. The van der Waals surface area contributed by atoms with E-state index in [1.807, 2.05) is 19.1 Å². The zero-order valence-electron chi connectivity index (χ0n) is 10.9. The van der Waals surface area contributed by atoms with Gasteiger partial charge in [-0.15, -0.1) is 0 Å². The Morgan fingerprint density at radius 3 is 2.29 bits per heavy atom. The van der Waals surface area contributed by atoms with Crippen LogP contribution in [0.1, 0.15) is 31.9 Å². The molecule has 17 heavy (non-hydrogen) atoms. The summed E-state index contributed by atoms with van der Waals surface area (Å²) in [5, 5.41) is 0. The van der Waals surface area contributed by atoms with Crippen molar-refractivity contribution in [1.82, 2.24) is 0 Å². The summed E-state index contributed by atoms with van der Waals surface area (Å²) in [4.78, 5) is 0.412. The Hall–Kier alpha value is -0.870. The fraction of sp³-hybridized carbons (Fsp3) is 0.538. The molecule has 0 saturated heterocycles. The molecule has 0 saturated carbocycles. The van der Waals surface area contributed by atoms with Gasteiger partial charge in [0, 0.05) is 6.54 Å². The third kappa shape index (κ3) is 3.30. The van der Waals surface area contributed by atoms with E-state index in [2.05, 4.69) is 20.8 Å². The summed E-state index contributed by atoms with van der Waals surface area (Å²) in [6, 6.07) is 5.63. The van der Waals surface area contributed by atoms with E-state index in [0.717, 1.165) is 11.1 Å². The highest BCUT2D eigenvalue weighted by Crippen LogP contribution is 2.27. The van der Waals surface area contributed by atoms with E-state index in [4.69, 9.17) is 5.73 Å². The van der Waals surface area contributed by atoms with Crippen molar-refractivity contribution >= 4 is 9.84 Å². The summed E-state index contributed by atoms with van der Waals surface area (Å²) in [6.45, 7) is 8.17. The van der Waals surface area contributed by atoms with Gasteiger partial charge < -0.3 is 5.73 Å². The molecule has 0 aromatic heterocycles. The van der Waals surface area contributed by atoms with E-state index in [-0.39, 0.29) is 17.7 Å². The summed E-state index contributed by atoms with van der Waals surface area (Å²) in [5.41, 5.74) is 7.10. The maximum Gasteiger partial charge on any atom is 0.179 e. The van der Waals surface area contributed by atoms with Crippen LogP contribution in [0.15, 0.2) is 23.1 Å². The van der Waals surface area contributed by atoms with Crippen molar-refractivity contribution in [3.8, 4) is 0 Å². The first-order valence-electron chi connectivity index (χ1n) is 5.72. The van der Waals surface area contributed by atoms with E-state index < -0.39 is 9.84 Å². The lowest BCUT2D eigenvalue weighted by molar-refractivity contribution is 0.583. The molecule has 0 bridgehead atoms. The number of nitrogens with two attached hydrogens (primary N) is 1. The van der Waals surface area contributed by atoms with E-state index in [1.54, 1.807) is 6.07 Å². The number of benzene rings is 1. The molecule has 4 heteroatoms. The van der Waals surface area contributed by atoms with Gasteiger partial charge in [0.05, 0.1) is 10.6 Å². The van der Waals surface area contributed by atoms with Gasteiger partial charge in [0.15, 0.2) is 9.84 Å². The molecule has 1 aromatic rings. The lowest BCUT2D eigenvalue weighted by atomic mass is 9.87. The van der Waals surface area contributed by atoms with Crippen LogP contribution in [-0.4, -0.2) is 20.7 Å². The van der Waals surface area contributed by atoms with Crippen LogP contribution in [0.4, 0.5) is 0 Å². The minimum absolute atomic E-state index is 0.00142. The summed E-state index contributed by atoms with van der Waals surface area (Å²) in [7, 11) is -3.25. The number of hydrogen-bond acceptors (Lipinski definition) is 3. The molecule has 0 unspecified atom stereocenters. The van der Waals surface area contributed by atoms with Gasteiger partial charge >= 0.3 is 0 Å². The van der Waals surface area contributed by atoms with Gasteiger partial charge in [-0.25, -0.2) is 8.42 Å². The first kappa shape index (κ1) is 14.2. The van der Waals surface area contributed by atoms with Crippen LogP contribution in [0.25, 0.3) is 0 Å². The molecule has 1 aromatic carbocycles. The van der Waals surface area contributed by atoms with Crippen LogP contribution in [0.2, 0.25) is 0 Å². The minimum Gasteiger partial charge on any atom is -0.329 e. The molecule has 0 aliphatic rings. The summed E-state index contributed by atoms with van der Waals surface area (Å²) in [5.74, 6) is 0.00142. The molecular weight excluding hydrogens is 234 g/mol. The maximum atomic E-state index is 12.1. The SMILES string of the molecule is Cc1ccc(C(C)(C)C)cc1S(=O)(=O)CCN. The second-order valence-electron chi connectivity index (χ2n) is 5.34. The highest BCUT2D eigenvalue weighted by atomic mass is 32.2. The topological polar surface area (TPSA) is 60.2 Å². The normalized spacial score (nSPS) is 12.8. The average Bonchev–Trinajstić information content (AvgIpc) is 2.15. The first-order chi connectivity index (χ1) is 7.68. The predicted octanol–water partition coefficient (Wildman–Crippen LogP) is 2.02. The van der Waals surface area contributed by atoms with Gasteiger partial charge in [-0.05, 0) is 29.5 Å². The Balaban J connectivity index is 3.35. The van der Waals surface area contributed by atoms with Crippen LogP contribution in [0.5, 0.6) is 0 Å². The largest absolute Gasteiger partial charge is 0.329 e. The molecule has 0 aliphatic heterocycles. The molecule has 0 amide bonds. The highest BCUT2D eigenvalue weighted by Gasteiger charge is 2.20. The zero-order chi connectivity index (χ0) is 13.3. The van der Waals surface area contributed by atoms with Crippen LogP contribution < -0.4 is 5.73 Å². The molecule has 0 spiro atoms. The molecule has 0 aliphatic carbocycles. The van der Waals surface area contributed by atoms with E-state index in [0.29, 0.717) is 4.90 Å². The van der Waals surface area contributed by atoms with Crippen LogP contribution in [0, 0.1) is 6.92 Å². The standard InChI is InChI=1S/C13H21NO2S/c1-10-5-6-11(13(2,3)4)9-12(10)17(15,16)8-7-14/h5-6,9H,7-8,14H2,1-4H3. The Kier molecular flexibility index (Phi) is 3.99. The molecule has 0 heterocycles. The van der Waals surface area contributed by atoms with Gasteiger partial charge in [0.25, 0.3) is 0 Å². The quantitative estimate of drug-likeness (QED) is 0.899. The van der Waals surface area contributed by atoms with Crippen LogP contribution in [0.3, 0.4) is 0 Å². The Morgan fingerprint density at radius 1 is 1.24 bits per heavy atom. The monoisotopic (exact) mass is 255 g/mol. The van der Waals surface area contributed by atoms with Crippen molar-refractivity contribution in [1.29, 1.82) is 0 Å². The van der Waals surface area contributed by atoms with E-state index >= 15 is 0 Å². The van der Waals surface area contributed by atoms with Gasteiger partial charge in [-0.3, -0.25) is 0 Å². The smallest absolute Gasteiger partial charge is 0.179 e. The second kappa shape index (κ2) is 4.78. The molecular formula is C13H21NO2S. The molecule has 2 N–H and O–H groups in total. The molecule has 0 fully saturated rings. The van der Waals surface area contributed by atoms with Crippen molar-refractivity contribution < 1.29 is 8.42 Å². The Labute approximate surface area is 104 Å². The molecule has 1 rings (SSSR count). The van der Waals surface area contributed by atoms with E-state index in [9.17, 15) is 8.42 Å². The maximum absolute atomic E-state index is 12.1. The summed E-state index contributed by atoms with van der Waals surface area (Å²) in [6.07, 6.45) is 0. The number of rotatable bonds is 3. The van der Waals surface area contributed by atoms with Gasteiger partial charge in [0.1, 0.15) is 0 Å². The minimum atomic E-state index is -3.25. The van der Waals surface area contributed by atoms with Gasteiger partial charge in [0.2, 0.25) is 0 Å². The van der Waals surface area contributed by atoms with Crippen molar-refractivity contribution in [2.45, 2.75) is 38.0 Å². The van der Waals surface area contributed by atoms with Crippen molar-refractivity contribution in [3.05, 3.63) is 29.3 Å². The summed E-state index contributed by atoms with van der Waals surface area (Å²) >= 11 is 0. The predicted molar refractivity (Wildman–Crippen MR) is 71.0 cm³/mol. The summed E-state index contributed by atoms with van der Waals surface area (Å²) < 4.78 is 24.1. The van der Waals surface area contributed by atoms with E-state index in [1.165, 1.54) is 0 Å². The number of aryl methyl sites for hydroxylation is 1. The third-order valence-corrected chi connectivity index (χ3v) is 4.66. The second-order valence-corrected chi connectivity index (χ2v) is 7.42. The third-order valence-electron chi connectivity index (χ3n) is 2.78. The number of hydrogen-bond donors (Lipinski definition) is 1. The molecule has 96 valence electrons. The first-order valence-corrected chi connectivity index (χ1v) is 7.37. The fourth-order valence-corrected chi connectivity index (χ4v) is 3.06. The van der Waals surface area contributed by atoms with Crippen LogP contribution >= 0.6 is 0 Å². The molecule has 0 radical (unpaired) electrons. The molecule has 0 atom stereocenters. The highest BCUT2D eigenvalue weighted by molar-refractivity contribution is 7.91. The average molecular weight is 255 g/mol.